The Morgan fingerprint density at radius 1 is 1.47 bits per heavy atom. The molecule has 3 atom stereocenters. The third-order valence-electron chi connectivity index (χ3n) is 4.66. The SMILES string of the molecule is CC(=O)OC[C@H]1O[C@@H](n2cc(-c3nc4ccccc4s3)c(=O)[nH]c2=O)C[C@@H]1N=[N+]=[N-]. The number of esters is 1. The summed E-state index contributed by atoms with van der Waals surface area (Å²) in [4.78, 5) is 45.5. The number of azide groups is 1. The molecule has 1 aliphatic heterocycles. The molecule has 2 aromatic heterocycles. The van der Waals surface area contributed by atoms with Gasteiger partial charge in [0.2, 0.25) is 0 Å². The van der Waals surface area contributed by atoms with E-state index >= 15 is 0 Å². The molecule has 3 aromatic rings. The van der Waals surface area contributed by atoms with E-state index < -0.39 is 35.6 Å². The van der Waals surface area contributed by atoms with Crippen LogP contribution in [0.3, 0.4) is 0 Å². The first-order valence-electron chi connectivity index (χ1n) is 9.00. The second-order valence-electron chi connectivity index (χ2n) is 6.64. The summed E-state index contributed by atoms with van der Waals surface area (Å²) in [5.74, 6) is -0.499. The van der Waals surface area contributed by atoms with Crippen LogP contribution in [0, 0.1) is 0 Å². The number of nitrogens with one attached hydrogen (secondary N) is 1. The van der Waals surface area contributed by atoms with Crippen LogP contribution in [-0.2, 0) is 14.3 Å². The van der Waals surface area contributed by atoms with E-state index in [0.29, 0.717) is 5.01 Å². The van der Waals surface area contributed by atoms with E-state index in [0.717, 1.165) is 10.2 Å². The summed E-state index contributed by atoms with van der Waals surface area (Å²) in [7, 11) is 0. The van der Waals surface area contributed by atoms with Crippen molar-refractivity contribution in [3.05, 3.63) is 61.7 Å². The Balaban J connectivity index is 1.70. The third-order valence-corrected chi connectivity index (χ3v) is 5.73. The lowest BCUT2D eigenvalue weighted by atomic mass is 10.1. The van der Waals surface area contributed by atoms with Gasteiger partial charge in [-0.15, -0.1) is 11.3 Å². The Hall–Kier alpha value is -3.47. The predicted molar refractivity (Wildman–Crippen MR) is 108 cm³/mol. The Kier molecular flexibility index (Phi) is 5.36. The van der Waals surface area contributed by atoms with Crippen molar-refractivity contribution in [1.82, 2.24) is 14.5 Å². The van der Waals surface area contributed by atoms with Crippen molar-refractivity contribution in [2.24, 2.45) is 5.11 Å². The fourth-order valence-electron chi connectivity index (χ4n) is 3.26. The lowest BCUT2D eigenvalue weighted by Gasteiger charge is -2.16. The van der Waals surface area contributed by atoms with Crippen LogP contribution in [0.4, 0.5) is 0 Å². The molecule has 12 heteroatoms. The van der Waals surface area contributed by atoms with Crippen molar-refractivity contribution in [1.29, 1.82) is 0 Å². The molecule has 3 heterocycles. The first-order chi connectivity index (χ1) is 14.5. The van der Waals surface area contributed by atoms with Crippen LogP contribution in [0.5, 0.6) is 0 Å². The second kappa shape index (κ2) is 8.11. The Morgan fingerprint density at radius 3 is 3.00 bits per heavy atom. The van der Waals surface area contributed by atoms with Crippen molar-refractivity contribution in [3.8, 4) is 10.6 Å². The van der Waals surface area contributed by atoms with Crippen molar-refractivity contribution in [2.75, 3.05) is 6.61 Å². The number of thiazole rings is 1. The van der Waals surface area contributed by atoms with Crippen molar-refractivity contribution in [2.45, 2.75) is 31.7 Å². The summed E-state index contributed by atoms with van der Waals surface area (Å²) < 4.78 is 12.9. The van der Waals surface area contributed by atoms with Gasteiger partial charge in [-0.2, -0.15) is 0 Å². The highest BCUT2D eigenvalue weighted by Gasteiger charge is 2.37. The number of aromatic nitrogens is 3. The van der Waals surface area contributed by atoms with Crippen molar-refractivity contribution >= 4 is 27.5 Å². The fraction of sp³-hybridized carbons (Fsp3) is 0.333. The normalized spacial score (nSPS) is 20.8. The summed E-state index contributed by atoms with van der Waals surface area (Å²) in [6, 6.07) is 6.82. The average molecular weight is 428 g/mol. The van der Waals surface area contributed by atoms with Crippen LogP contribution in [-0.4, -0.2) is 39.3 Å². The molecule has 0 aliphatic carbocycles. The second-order valence-corrected chi connectivity index (χ2v) is 7.67. The number of aromatic amines is 1. The quantitative estimate of drug-likeness (QED) is 0.285. The summed E-state index contributed by atoms with van der Waals surface area (Å²) in [5, 5.41) is 4.15. The molecule has 1 saturated heterocycles. The summed E-state index contributed by atoms with van der Waals surface area (Å²) in [6.07, 6.45) is 0.0598. The molecule has 0 amide bonds. The highest BCUT2D eigenvalue weighted by atomic mass is 32.1. The van der Waals surface area contributed by atoms with Gasteiger partial charge in [0.25, 0.3) is 5.56 Å². The van der Waals surface area contributed by atoms with Crippen LogP contribution >= 0.6 is 11.3 Å². The molecular weight excluding hydrogens is 412 g/mol. The molecule has 0 unspecified atom stereocenters. The van der Waals surface area contributed by atoms with E-state index in [-0.39, 0.29) is 18.6 Å². The Bertz CT molecular complexity index is 1240. The van der Waals surface area contributed by atoms with E-state index in [2.05, 4.69) is 20.0 Å². The summed E-state index contributed by atoms with van der Waals surface area (Å²) in [5.41, 5.74) is 8.55. The number of ether oxygens (including phenoxy) is 2. The molecule has 4 rings (SSSR count). The zero-order chi connectivity index (χ0) is 21.3. The molecule has 1 aromatic carbocycles. The molecule has 30 heavy (non-hydrogen) atoms. The molecule has 0 spiro atoms. The van der Waals surface area contributed by atoms with Crippen molar-refractivity contribution < 1.29 is 14.3 Å². The van der Waals surface area contributed by atoms with Gasteiger partial charge in [-0.3, -0.25) is 19.1 Å². The summed E-state index contributed by atoms with van der Waals surface area (Å²) >= 11 is 1.33. The van der Waals surface area contributed by atoms with Crippen LogP contribution in [0.2, 0.25) is 0 Å². The van der Waals surface area contributed by atoms with E-state index in [9.17, 15) is 14.4 Å². The maximum atomic E-state index is 12.4. The van der Waals surface area contributed by atoms with Gasteiger partial charge in [0.15, 0.2) is 0 Å². The number of para-hydroxylation sites is 1. The number of benzene rings is 1. The van der Waals surface area contributed by atoms with Crippen LogP contribution in [0.15, 0.2) is 45.2 Å². The molecule has 0 bridgehead atoms. The Labute approximate surface area is 172 Å². The molecule has 154 valence electrons. The fourth-order valence-corrected chi connectivity index (χ4v) is 4.23. The van der Waals surface area contributed by atoms with Crippen LogP contribution in [0.1, 0.15) is 19.6 Å². The van der Waals surface area contributed by atoms with E-state index in [1.807, 2.05) is 24.3 Å². The van der Waals surface area contributed by atoms with Gasteiger partial charge >= 0.3 is 11.7 Å². The number of carbonyl (C=O) groups excluding carboxylic acids is 1. The van der Waals surface area contributed by atoms with Gasteiger partial charge in [-0.1, -0.05) is 17.2 Å². The predicted octanol–water partition coefficient (Wildman–Crippen LogP) is 2.34. The zero-order valence-corrected chi connectivity index (χ0v) is 16.5. The number of H-pyrrole nitrogens is 1. The number of carbonyl (C=O) groups is 1. The first kappa shape index (κ1) is 19.8. The molecular formula is C18H16N6O5S. The maximum Gasteiger partial charge on any atom is 0.330 e. The molecule has 1 fully saturated rings. The lowest BCUT2D eigenvalue weighted by Crippen LogP contribution is -2.33. The standard InChI is InChI=1S/C18H16N6O5S/c1-9(25)28-8-13-12(22-23-19)6-15(29-13)24-7-10(16(26)21-18(24)27)17-20-11-4-2-3-5-14(11)30-17/h2-5,7,12-13,15H,6,8H2,1H3,(H,21,26,27)/t12-,13+,15+/m0/s1. The summed E-state index contributed by atoms with van der Waals surface area (Å²) in [6.45, 7) is 1.14. The van der Waals surface area contributed by atoms with Gasteiger partial charge in [-0.25, -0.2) is 9.78 Å². The first-order valence-corrected chi connectivity index (χ1v) is 9.82. The number of rotatable bonds is 5. The monoisotopic (exact) mass is 428 g/mol. The number of nitrogens with zero attached hydrogens (tertiary/aromatic N) is 5. The Morgan fingerprint density at radius 2 is 2.27 bits per heavy atom. The lowest BCUT2D eigenvalue weighted by molar-refractivity contribution is -0.146. The van der Waals surface area contributed by atoms with E-state index in [1.165, 1.54) is 29.0 Å². The van der Waals surface area contributed by atoms with Gasteiger partial charge in [-0.05, 0) is 17.7 Å². The maximum absolute atomic E-state index is 12.4. The number of fused-ring (bicyclic) bond motifs is 1. The average Bonchev–Trinajstić information content (AvgIpc) is 3.30. The van der Waals surface area contributed by atoms with Crippen LogP contribution in [0.25, 0.3) is 31.2 Å². The van der Waals surface area contributed by atoms with Gasteiger partial charge in [0, 0.05) is 24.5 Å². The van der Waals surface area contributed by atoms with Gasteiger partial charge < -0.3 is 9.47 Å². The highest BCUT2D eigenvalue weighted by Crippen LogP contribution is 2.32. The number of hydrogen-bond acceptors (Lipinski definition) is 8. The topological polar surface area (TPSA) is 152 Å². The number of hydrogen-bond donors (Lipinski definition) is 1. The van der Waals surface area contributed by atoms with E-state index in [4.69, 9.17) is 15.0 Å². The smallest absolute Gasteiger partial charge is 0.330 e. The molecule has 1 N–H and O–H groups in total. The minimum atomic E-state index is -0.807. The van der Waals surface area contributed by atoms with Crippen LogP contribution < -0.4 is 11.2 Å². The largest absolute Gasteiger partial charge is 0.463 e. The highest BCUT2D eigenvalue weighted by molar-refractivity contribution is 7.21. The van der Waals surface area contributed by atoms with Gasteiger partial charge in [0.1, 0.15) is 23.9 Å². The zero-order valence-electron chi connectivity index (χ0n) is 15.7. The molecule has 0 radical (unpaired) electrons. The minimum absolute atomic E-state index is 0.113. The minimum Gasteiger partial charge on any atom is -0.463 e. The third kappa shape index (κ3) is 3.83. The molecule has 0 saturated carbocycles. The van der Waals surface area contributed by atoms with E-state index in [1.54, 1.807) is 0 Å². The van der Waals surface area contributed by atoms with Gasteiger partial charge in [0.05, 0.1) is 21.8 Å². The van der Waals surface area contributed by atoms with Crippen molar-refractivity contribution in [3.63, 3.8) is 0 Å². The molecule has 11 nitrogen and oxygen atoms in total. The molecule has 1 aliphatic rings.